The van der Waals surface area contributed by atoms with Crippen molar-refractivity contribution in [2.24, 2.45) is 0 Å². The van der Waals surface area contributed by atoms with Gasteiger partial charge in [-0.2, -0.15) is 0 Å². The molecule has 182 valence electrons. The smallest absolute Gasteiger partial charge is 0.124 e. The zero-order valence-electron chi connectivity index (χ0n) is 19.5. The minimum absolute atomic E-state index is 0. The maximum Gasteiger partial charge on any atom is 0.124 e. The summed E-state index contributed by atoms with van der Waals surface area (Å²) < 4.78 is 0. The first-order valence-electron chi connectivity index (χ1n) is 11.5. The molecule has 0 aliphatic heterocycles. The fourth-order valence-electron chi connectivity index (χ4n) is 4.02. The van der Waals surface area contributed by atoms with Crippen LogP contribution in [0.5, 0.6) is 5.75 Å². The third kappa shape index (κ3) is 5.48. The van der Waals surface area contributed by atoms with Gasteiger partial charge in [-0.3, -0.25) is 9.97 Å². The van der Waals surface area contributed by atoms with E-state index >= 15 is 0 Å². The topological polar surface area (TPSA) is 58.9 Å². The summed E-state index contributed by atoms with van der Waals surface area (Å²) in [5.41, 5.74) is 3.84. The van der Waals surface area contributed by atoms with Crippen LogP contribution in [-0.2, 0) is 21.1 Å². The molecule has 4 aromatic carbocycles. The first kappa shape index (κ1) is 24.9. The molecule has 0 unspecified atom stereocenters. The minimum Gasteiger partial charge on any atom is -0.507 e. The fraction of sp³-hybridized carbons (Fsp3) is 0. The predicted molar refractivity (Wildman–Crippen MR) is 145 cm³/mol. The first-order valence-corrected chi connectivity index (χ1v) is 12.3. The first-order chi connectivity index (χ1) is 17.7. The Morgan fingerprint density at radius 2 is 1.41 bits per heavy atom. The molecule has 6 rings (SSSR count). The molecule has 2 heterocycles. The van der Waals surface area contributed by atoms with Gasteiger partial charge in [0.15, 0.2) is 0 Å². The standard InChI is InChI=1S/C31H20N3OS.Pt/c35-29-16-7-6-15-26(29)28-19-27(21-9-2-1-3-10-21)33-31(34-28)23-13-8-14-25(17-23)36-30-18-22-11-4-5-12-24(22)20-32-30;/h1-16,18-20,35H;/q-1;. The maximum atomic E-state index is 10.5. The third-order valence-corrected chi connectivity index (χ3v) is 6.70. The number of rotatable bonds is 5. The molecule has 0 fully saturated rings. The normalized spacial score (nSPS) is 10.7. The summed E-state index contributed by atoms with van der Waals surface area (Å²) >= 11 is 1.55. The van der Waals surface area contributed by atoms with Crippen molar-refractivity contribution in [1.82, 2.24) is 15.0 Å². The van der Waals surface area contributed by atoms with Crippen LogP contribution in [0.4, 0.5) is 0 Å². The van der Waals surface area contributed by atoms with Crippen LogP contribution < -0.4 is 0 Å². The Hall–Kier alpha value is -3.79. The number of pyridine rings is 1. The number of phenolic OH excluding ortho intramolecular Hbond substituents is 1. The summed E-state index contributed by atoms with van der Waals surface area (Å²) in [6, 6.07) is 38.8. The van der Waals surface area contributed by atoms with Crippen molar-refractivity contribution >= 4 is 22.5 Å². The van der Waals surface area contributed by atoms with Crippen molar-refractivity contribution in [3.8, 4) is 39.7 Å². The summed E-state index contributed by atoms with van der Waals surface area (Å²) in [6.45, 7) is 0. The summed E-state index contributed by atoms with van der Waals surface area (Å²) in [4.78, 5) is 15.2. The second-order valence-electron chi connectivity index (χ2n) is 8.25. The van der Waals surface area contributed by atoms with Crippen LogP contribution in [0, 0.1) is 6.07 Å². The van der Waals surface area contributed by atoms with E-state index in [1.54, 1.807) is 23.9 Å². The largest absolute Gasteiger partial charge is 0.507 e. The third-order valence-electron chi connectivity index (χ3n) is 5.81. The molecule has 0 aliphatic carbocycles. The summed E-state index contributed by atoms with van der Waals surface area (Å²) in [7, 11) is 0. The van der Waals surface area contributed by atoms with Gasteiger partial charge in [0.25, 0.3) is 0 Å². The zero-order chi connectivity index (χ0) is 24.3. The van der Waals surface area contributed by atoms with Crippen LogP contribution >= 0.6 is 11.8 Å². The number of hydrogen-bond acceptors (Lipinski definition) is 5. The molecular formula is C31H20N3OPtS-. The van der Waals surface area contributed by atoms with Gasteiger partial charge in [-0.15, -0.1) is 29.8 Å². The van der Waals surface area contributed by atoms with Crippen LogP contribution in [0.2, 0.25) is 0 Å². The van der Waals surface area contributed by atoms with Gasteiger partial charge in [0.1, 0.15) is 5.75 Å². The number of para-hydroxylation sites is 1. The molecule has 0 atom stereocenters. The second-order valence-corrected chi connectivity index (χ2v) is 9.31. The Bertz CT molecular complexity index is 1690. The van der Waals surface area contributed by atoms with Crippen LogP contribution in [0.15, 0.2) is 125 Å². The van der Waals surface area contributed by atoms with Crippen molar-refractivity contribution in [3.63, 3.8) is 0 Å². The van der Waals surface area contributed by atoms with Gasteiger partial charge in [0.05, 0.1) is 22.2 Å². The molecular weight excluding hydrogens is 658 g/mol. The fourth-order valence-corrected chi connectivity index (χ4v) is 4.85. The van der Waals surface area contributed by atoms with Crippen LogP contribution in [0.25, 0.3) is 44.7 Å². The predicted octanol–water partition coefficient (Wildman–Crippen LogP) is 7.68. The quantitative estimate of drug-likeness (QED) is 0.190. The van der Waals surface area contributed by atoms with E-state index < -0.39 is 0 Å². The van der Waals surface area contributed by atoms with E-state index in [1.165, 1.54) is 0 Å². The molecule has 1 N–H and O–H groups in total. The van der Waals surface area contributed by atoms with Crippen molar-refractivity contribution in [2.45, 2.75) is 9.92 Å². The number of aromatic hydroxyl groups is 1. The van der Waals surface area contributed by atoms with Crippen LogP contribution in [0.1, 0.15) is 0 Å². The number of benzene rings is 4. The van der Waals surface area contributed by atoms with Gasteiger partial charge in [-0.1, -0.05) is 83.4 Å². The number of phenols is 1. The Labute approximate surface area is 233 Å². The second kappa shape index (κ2) is 11.1. The van der Waals surface area contributed by atoms with Crippen LogP contribution in [-0.4, -0.2) is 20.1 Å². The summed E-state index contributed by atoms with van der Waals surface area (Å²) in [6.07, 6.45) is 1.90. The molecule has 37 heavy (non-hydrogen) atoms. The van der Waals surface area contributed by atoms with E-state index in [0.29, 0.717) is 17.1 Å². The van der Waals surface area contributed by atoms with Gasteiger partial charge < -0.3 is 5.11 Å². The number of nitrogens with zero attached hydrogens (tertiary/aromatic N) is 3. The zero-order valence-corrected chi connectivity index (χ0v) is 22.6. The molecule has 0 saturated heterocycles. The molecule has 0 radical (unpaired) electrons. The van der Waals surface area contributed by atoms with E-state index in [0.717, 1.165) is 37.5 Å². The van der Waals surface area contributed by atoms with E-state index in [2.05, 4.69) is 29.2 Å². The number of aromatic nitrogens is 3. The van der Waals surface area contributed by atoms with E-state index in [1.807, 2.05) is 85.1 Å². The van der Waals surface area contributed by atoms with Gasteiger partial charge in [0.2, 0.25) is 0 Å². The molecule has 0 saturated carbocycles. The monoisotopic (exact) mass is 677 g/mol. The maximum absolute atomic E-state index is 10.5. The van der Waals surface area contributed by atoms with Crippen molar-refractivity contribution in [1.29, 1.82) is 0 Å². The molecule has 0 amide bonds. The number of hydrogen-bond donors (Lipinski definition) is 1. The number of fused-ring (bicyclic) bond motifs is 1. The van der Waals surface area contributed by atoms with Gasteiger partial charge in [-0.05, 0) is 35.2 Å². The Kier molecular flexibility index (Phi) is 7.45. The van der Waals surface area contributed by atoms with Gasteiger partial charge in [0, 0.05) is 38.2 Å². The van der Waals surface area contributed by atoms with Crippen molar-refractivity contribution in [3.05, 3.63) is 121 Å². The van der Waals surface area contributed by atoms with Gasteiger partial charge in [-0.25, -0.2) is 4.98 Å². The summed E-state index contributed by atoms with van der Waals surface area (Å²) in [5, 5.41) is 13.7. The Morgan fingerprint density at radius 3 is 2.24 bits per heavy atom. The average molecular weight is 678 g/mol. The average Bonchev–Trinajstić information content (AvgIpc) is 2.94. The molecule has 6 aromatic rings. The Morgan fingerprint density at radius 1 is 0.676 bits per heavy atom. The minimum atomic E-state index is 0. The molecule has 0 spiro atoms. The van der Waals surface area contributed by atoms with Crippen LogP contribution in [0.3, 0.4) is 0 Å². The summed E-state index contributed by atoms with van der Waals surface area (Å²) in [5.74, 6) is 0.723. The van der Waals surface area contributed by atoms with E-state index in [4.69, 9.17) is 9.97 Å². The Balaban J connectivity index is 0.00000280. The van der Waals surface area contributed by atoms with Crippen molar-refractivity contribution in [2.75, 3.05) is 0 Å². The van der Waals surface area contributed by atoms with E-state index in [9.17, 15) is 5.11 Å². The molecule has 6 heteroatoms. The molecule has 4 nitrogen and oxygen atoms in total. The molecule has 0 aliphatic rings. The van der Waals surface area contributed by atoms with Crippen molar-refractivity contribution < 1.29 is 26.2 Å². The van der Waals surface area contributed by atoms with E-state index in [-0.39, 0.29) is 26.8 Å². The van der Waals surface area contributed by atoms with Gasteiger partial charge >= 0.3 is 0 Å². The molecule has 2 aromatic heterocycles. The molecule has 0 bridgehead atoms. The SMILES string of the molecule is Oc1ccccc1-c1cc(-c2ccccc2)nc(-c2[c-]c(Sc3cc4ccccc4cn3)ccc2)n1.[Pt].